The second kappa shape index (κ2) is 12.6. The minimum atomic E-state index is -3.60. The quantitative estimate of drug-likeness (QED) is 0.356. The van der Waals surface area contributed by atoms with Gasteiger partial charge >= 0.3 is 0 Å². The second-order valence-corrected chi connectivity index (χ2v) is 12.2. The predicted molar refractivity (Wildman–Crippen MR) is 150 cm³/mol. The van der Waals surface area contributed by atoms with E-state index < -0.39 is 10.0 Å². The Morgan fingerprint density at radius 1 is 1.02 bits per heavy atom. The van der Waals surface area contributed by atoms with Crippen LogP contribution in [0.3, 0.4) is 0 Å². The van der Waals surface area contributed by atoms with Crippen LogP contribution in [-0.4, -0.2) is 58.5 Å². The summed E-state index contributed by atoms with van der Waals surface area (Å²) in [6.07, 6.45) is 2.06. The maximum absolute atomic E-state index is 13.3. The Kier molecular flexibility index (Phi) is 8.95. The van der Waals surface area contributed by atoms with E-state index in [1.165, 1.54) is 12.1 Å². The zero-order chi connectivity index (χ0) is 28.1. The number of Topliss-reactive ketones (excluding diaryl/α,β-unsaturated/α-hetero) is 1. The molecule has 3 aromatic rings. The summed E-state index contributed by atoms with van der Waals surface area (Å²) in [7, 11) is -2.04. The van der Waals surface area contributed by atoms with Crippen molar-refractivity contribution in [3.63, 3.8) is 0 Å². The van der Waals surface area contributed by atoms with Crippen LogP contribution in [-0.2, 0) is 21.4 Å². The van der Waals surface area contributed by atoms with Crippen molar-refractivity contribution >= 4 is 15.8 Å². The SMILES string of the molecule is COc1cccc2c1C(CC(COCc1ccccc1)N1CCC(C(=O)c3ccc(F)cc3)CC1)CNS2(=O)=O. The van der Waals surface area contributed by atoms with Gasteiger partial charge in [0.25, 0.3) is 0 Å². The fourth-order valence-corrected chi connectivity index (χ4v) is 7.24. The maximum atomic E-state index is 13.3. The van der Waals surface area contributed by atoms with Crippen LogP contribution in [0.25, 0.3) is 0 Å². The van der Waals surface area contributed by atoms with E-state index in [4.69, 9.17) is 9.47 Å². The van der Waals surface area contributed by atoms with Crippen LogP contribution in [0.15, 0.2) is 77.7 Å². The lowest BCUT2D eigenvalue weighted by Gasteiger charge is -2.39. The molecule has 0 aromatic heterocycles. The largest absolute Gasteiger partial charge is 0.496 e. The summed E-state index contributed by atoms with van der Waals surface area (Å²) < 4.78 is 53.4. The standard InChI is InChI=1S/C31H35FN2O5S/c1-38-28-8-5-9-29-30(28)25(19-33-40(29,36)37)18-27(21-39-20-22-6-3-2-4-7-22)34-16-14-24(15-17-34)31(35)23-10-12-26(32)13-11-23/h2-13,24-25,27,33H,14-21H2,1H3. The van der Waals surface area contributed by atoms with E-state index in [-0.39, 0.29) is 40.9 Å². The van der Waals surface area contributed by atoms with Crippen molar-refractivity contribution < 1.29 is 27.1 Å². The molecule has 2 atom stereocenters. The number of halogens is 1. The Hall–Kier alpha value is -3.11. The van der Waals surface area contributed by atoms with Gasteiger partial charge in [0.05, 0.1) is 25.2 Å². The van der Waals surface area contributed by atoms with Gasteiger partial charge in [-0.2, -0.15) is 0 Å². The summed E-state index contributed by atoms with van der Waals surface area (Å²) >= 11 is 0. The average molecular weight is 567 g/mol. The number of sulfonamides is 1. The van der Waals surface area contributed by atoms with Gasteiger partial charge in [0.15, 0.2) is 5.78 Å². The molecule has 2 aliphatic heterocycles. The van der Waals surface area contributed by atoms with E-state index in [1.54, 1.807) is 37.4 Å². The molecular formula is C31H35FN2O5S. The van der Waals surface area contributed by atoms with Gasteiger partial charge in [-0.3, -0.25) is 9.69 Å². The number of fused-ring (bicyclic) bond motifs is 1. The van der Waals surface area contributed by atoms with Crippen molar-refractivity contribution in [2.75, 3.05) is 33.4 Å². The summed E-state index contributed by atoms with van der Waals surface area (Å²) in [5.41, 5.74) is 2.33. The molecule has 1 N–H and O–H groups in total. The lowest BCUT2D eigenvalue weighted by molar-refractivity contribution is 0.0277. The number of rotatable bonds is 10. The molecule has 0 radical (unpaired) electrons. The van der Waals surface area contributed by atoms with Gasteiger partial charge in [-0.25, -0.2) is 17.5 Å². The summed E-state index contributed by atoms with van der Waals surface area (Å²) in [4.78, 5) is 15.7. The van der Waals surface area contributed by atoms with Crippen LogP contribution in [0.5, 0.6) is 5.75 Å². The highest BCUT2D eigenvalue weighted by Gasteiger charge is 2.36. The Balaban J connectivity index is 1.32. The molecule has 0 saturated carbocycles. The monoisotopic (exact) mass is 566 g/mol. The number of carbonyl (C=O) groups excluding carboxylic acids is 1. The molecule has 5 rings (SSSR count). The fraction of sp³-hybridized carbons (Fsp3) is 0.387. The topological polar surface area (TPSA) is 84.9 Å². The molecule has 0 amide bonds. The molecule has 2 unspecified atom stereocenters. The van der Waals surface area contributed by atoms with Crippen LogP contribution < -0.4 is 9.46 Å². The van der Waals surface area contributed by atoms with Crippen molar-refractivity contribution in [2.24, 2.45) is 5.92 Å². The number of piperidine rings is 1. The van der Waals surface area contributed by atoms with Crippen LogP contribution in [0.1, 0.15) is 46.7 Å². The molecule has 1 saturated heterocycles. The smallest absolute Gasteiger partial charge is 0.241 e. The lowest BCUT2D eigenvalue weighted by Crippen LogP contribution is -2.47. The highest BCUT2D eigenvalue weighted by atomic mass is 32.2. The van der Waals surface area contributed by atoms with Gasteiger partial charge in [-0.05, 0) is 74.3 Å². The molecule has 40 heavy (non-hydrogen) atoms. The first kappa shape index (κ1) is 28.4. The van der Waals surface area contributed by atoms with Crippen LogP contribution in [0.4, 0.5) is 4.39 Å². The number of ether oxygens (including phenoxy) is 2. The minimum Gasteiger partial charge on any atom is -0.496 e. The van der Waals surface area contributed by atoms with Gasteiger partial charge in [0.1, 0.15) is 11.6 Å². The van der Waals surface area contributed by atoms with Crippen LogP contribution in [0, 0.1) is 11.7 Å². The van der Waals surface area contributed by atoms with Gasteiger partial charge in [0, 0.05) is 35.5 Å². The molecule has 0 aliphatic carbocycles. The molecule has 3 aromatic carbocycles. The van der Waals surface area contributed by atoms with Crippen molar-refractivity contribution in [3.8, 4) is 5.75 Å². The number of methoxy groups -OCH3 is 1. The number of hydrogen-bond donors (Lipinski definition) is 1. The highest BCUT2D eigenvalue weighted by Crippen LogP contribution is 2.39. The summed E-state index contributed by atoms with van der Waals surface area (Å²) in [5, 5.41) is 0. The first-order chi connectivity index (χ1) is 19.4. The fourth-order valence-electron chi connectivity index (χ4n) is 5.84. The third-order valence-corrected chi connectivity index (χ3v) is 9.47. The van der Waals surface area contributed by atoms with E-state index in [9.17, 15) is 17.6 Å². The third kappa shape index (κ3) is 6.44. The Morgan fingerprint density at radius 3 is 2.45 bits per heavy atom. The van der Waals surface area contributed by atoms with Crippen molar-refractivity contribution in [1.29, 1.82) is 0 Å². The van der Waals surface area contributed by atoms with Gasteiger partial charge < -0.3 is 9.47 Å². The number of ketones is 1. The first-order valence-electron chi connectivity index (χ1n) is 13.7. The summed E-state index contributed by atoms with van der Waals surface area (Å²) in [6, 6.07) is 20.9. The lowest BCUT2D eigenvalue weighted by atomic mass is 9.86. The van der Waals surface area contributed by atoms with Crippen LogP contribution >= 0.6 is 0 Å². The molecule has 2 heterocycles. The number of carbonyl (C=O) groups is 1. The molecular weight excluding hydrogens is 531 g/mol. The van der Waals surface area contributed by atoms with E-state index >= 15 is 0 Å². The molecule has 1 fully saturated rings. The third-order valence-electron chi connectivity index (χ3n) is 7.99. The Morgan fingerprint density at radius 2 is 1.75 bits per heavy atom. The predicted octanol–water partition coefficient (Wildman–Crippen LogP) is 4.78. The van der Waals surface area contributed by atoms with Gasteiger partial charge in [-0.1, -0.05) is 36.4 Å². The van der Waals surface area contributed by atoms with Gasteiger partial charge in [-0.15, -0.1) is 0 Å². The zero-order valence-corrected chi connectivity index (χ0v) is 23.4. The number of benzene rings is 3. The number of nitrogens with zero attached hydrogens (tertiary/aromatic N) is 1. The molecule has 212 valence electrons. The number of hydrogen-bond acceptors (Lipinski definition) is 6. The van der Waals surface area contributed by atoms with E-state index in [1.807, 2.05) is 30.3 Å². The number of nitrogens with one attached hydrogen (secondary N) is 1. The number of likely N-dealkylation sites (tertiary alicyclic amines) is 1. The normalized spacial score (nSPS) is 20.0. The Labute approximate surface area is 235 Å². The molecule has 9 heteroatoms. The summed E-state index contributed by atoms with van der Waals surface area (Å²) in [6.45, 7) is 2.67. The average Bonchev–Trinajstić information content (AvgIpc) is 2.98. The maximum Gasteiger partial charge on any atom is 0.241 e. The molecule has 0 bridgehead atoms. The van der Waals surface area contributed by atoms with E-state index in [0.29, 0.717) is 62.4 Å². The van der Waals surface area contributed by atoms with Crippen molar-refractivity contribution in [1.82, 2.24) is 9.62 Å². The minimum absolute atomic E-state index is 0.0101. The van der Waals surface area contributed by atoms with Crippen LogP contribution in [0.2, 0.25) is 0 Å². The van der Waals surface area contributed by atoms with Gasteiger partial charge in [0.2, 0.25) is 10.0 Å². The molecule has 7 nitrogen and oxygen atoms in total. The molecule has 2 aliphatic rings. The van der Waals surface area contributed by atoms with E-state index in [0.717, 1.165) is 5.56 Å². The Bertz CT molecular complexity index is 1410. The second-order valence-electron chi connectivity index (χ2n) is 10.5. The first-order valence-corrected chi connectivity index (χ1v) is 15.2. The summed E-state index contributed by atoms with van der Waals surface area (Å²) in [5.74, 6) is 0.0541. The van der Waals surface area contributed by atoms with Crippen molar-refractivity contribution in [3.05, 3.63) is 95.3 Å². The zero-order valence-electron chi connectivity index (χ0n) is 22.6. The van der Waals surface area contributed by atoms with E-state index in [2.05, 4.69) is 9.62 Å². The highest BCUT2D eigenvalue weighted by molar-refractivity contribution is 7.89. The van der Waals surface area contributed by atoms with Crippen molar-refractivity contribution in [2.45, 2.75) is 42.7 Å². The molecule has 0 spiro atoms.